The number of nitrogens with zero attached hydrogens (tertiary/aromatic N) is 2. The Morgan fingerprint density at radius 3 is 2.52 bits per heavy atom. The Bertz CT molecular complexity index is 741. The summed E-state index contributed by atoms with van der Waals surface area (Å²) in [6.07, 6.45) is 1.57. The van der Waals surface area contributed by atoms with Gasteiger partial charge in [0.2, 0.25) is 15.9 Å². The van der Waals surface area contributed by atoms with Gasteiger partial charge >= 0.3 is 0 Å². The highest BCUT2D eigenvalue weighted by Gasteiger charge is 2.46. The van der Waals surface area contributed by atoms with Crippen LogP contribution in [0.3, 0.4) is 0 Å². The van der Waals surface area contributed by atoms with Crippen molar-refractivity contribution in [1.82, 2.24) is 9.21 Å². The average molecular weight is 366 g/mol. The van der Waals surface area contributed by atoms with Crippen LogP contribution in [0.1, 0.15) is 31.7 Å². The Morgan fingerprint density at radius 2 is 1.88 bits per heavy atom. The van der Waals surface area contributed by atoms with Gasteiger partial charge in [-0.15, -0.1) is 0 Å². The van der Waals surface area contributed by atoms with Crippen molar-refractivity contribution in [2.45, 2.75) is 43.5 Å². The fourth-order valence-corrected chi connectivity index (χ4v) is 5.74. The largest absolute Gasteiger partial charge is 0.381 e. The lowest BCUT2D eigenvalue weighted by Gasteiger charge is -2.46. The second kappa shape index (κ2) is 7.05. The van der Waals surface area contributed by atoms with Crippen molar-refractivity contribution in [3.05, 3.63) is 29.8 Å². The maximum absolute atomic E-state index is 13.3. The van der Waals surface area contributed by atoms with Crippen LogP contribution in [0.15, 0.2) is 29.2 Å². The Labute approximate surface area is 149 Å². The van der Waals surface area contributed by atoms with E-state index < -0.39 is 15.6 Å². The summed E-state index contributed by atoms with van der Waals surface area (Å²) >= 11 is 0. The van der Waals surface area contributed by atoms with Crippen molar-refractivity contribution in [2.24, 2.45) is 0 Å². The summed E-state index contributed by atoms with van der Waals surface area (Å²) in [5.41, 5.74) is 0.266. The minimum atomic E-state index is -3.63. The molecule has 1 aromatic carbocycles. The zero-order valence-corrected chi connectivity index (χ0v) is 15.7. The summed E-state index contributed by atoms with van der Waals surface area (Å²) in [7, 11) is -3.63. The van der Waals surface area contributed by atoms with Gasteiger partial charge in [0.1, 0.15) is 0 Å². The van der Waals surface area contributed by atoms with Gasteiger partial charge in [0, 0.05) is 39.3 Å². The summed E-state index contributed by atoms with van der Waals surface area (Å²) in [5, 5.41) is 0. The second-order valence-corrected chi connectivity index (χ2v) is 8.74. The van der Waals surface area contributed by atoms with Crippen molar-refractivity contribution < 1.29 is 17.9 Å². The van der Waals surface area contributed by atoms with Crippen molar-refractivity contribution in [3.8, 4) is 0 Å². The molecule has 3 rings (SSSR count). The molecule has 0 unspecified atom stereocenters. The molecule has 0 bridgehead atoms. The van der Waals surface area contributed by atoms with Crippen LogP contribution >= 0.6 is 0 Å². The number of carbonyl (C=O) groups excluding carboxylic acids is 1. The lowest BCUT2D eigenvalue weighted by Crippen LogP contribution is -2.58. The first kappa shape index (κ1) is 18.4. The molecular weight excluding hydrogens is 340 g/mol. The number of hydrogen-bond acceptors (Lipinski definition) is 4. The van der Waals surface area contributed by atoms with E-state index in [9.17, 15) is 13.2 Å². The van der Waals surface area contributed by atoms with E-state index in [1.165, 1.54) is 4.31 Å². The van der Waals surface area contributed by atoms with Crippen molar-refractivity contribution in [3.63, 3.8) is 0 Å². The van der Waals surface area contributed by atoms with E-state index in [0.717, 1.165) is 5.56 Å². The minimum absolute atomic E-state index is 0.0342. The molecule has 2 fully saturated rings. The van der Waals surface area contributed by atoms with Gasteiger partial charge in [-0.25, -0.2) is 8.42 Å². The van der Waals surface area contributed by atoms with E-state index in [1.807, 2.05) is 17.9 Å². The highest BCUT2D eigenvalue weighted by Crippen LogP contribution is 2.34. The van der Waals surface area contributed by atoms with Gasteiger partial charge < -0.3 is 9.64 Å². The predicted molar refractivity (Wildman–Crippen MR) is 94.7 cm³/mol. The first-order chi connectivity index (χ1) is 11.9. The first-order valence-corrected chi connectivity index (χ1v) is 10.3. The minimum Gasteiger partial charge on any atom is -0.381 e. The van der Waals surface area contributed by atoms with Gasteiger partial charge in [-0.2, -0.15) is 4.31 Å². The second-order valence-electron chi connectivity index (χ2n) is 6.83. The number of hydrogen-bond donors (Lipinski definition) is 0. The molecule has 0 saturated carbocycles. The van der Waals surface area contributed by atoms with E-state index in [4.69, 9.17) is 4.74 Å². The van der Waals surface area contributed by atoms with Crippen LogP contribution in [0.4, 0.5) is 0 Å². The summed E-state index contributed by atoms with van der Waals surface area (Å²) in [6, 6.07) is 7.02. The predicted octanol–water partition coefficient (Wildman–Crippen LogP) is 1.79. The molecule has 2 aliphatic heterocycles. The SMILES string of the molecule is CCN1C(=O)CCN(S(=O)(=O)c2ccccc2C)CC12CCOCC2. The van der Waals surface area contributed by atoms with Crippen LogP contribution in [-0.2, 0) is 19.6 Å². The van der Waals surface area contributed by atoms with Crippen LogP contribution in [0.25, 0.3) is 0 Å². The highest BCUT2D eigenvalue weighted by molar-refractivity contribution is 7.89. The van der Waals surface area contributed by atoms with E-state index in [0.29, 0.717) is 44.0 Å². The van der Waals surface area contributed by atoms with E-state index >= 15 is 0 Å². The zero-order valence-electron chi connectivity index (χ0n) is 14.9. The molecule has 1 amide bonds. The molecule has 25 heavy (non-hydrogen) atoms. The fourth-order valence-electron chi connectivity index (χ4n) is 3.99. The van der Waals surface area contributed by atoms with Crippen molar-refractivity contribution in [2.75, 3.05) is 32.8 Å². The molecule has 6 nitrogen and oxygen atoms in total. The number of amides is 1. The van der Waals surface area contributed by atoms with Gasteiger partial charge in [0.25, 0.3) is 0 Å². The molecule has 2 heterocycles. The van der Waals surface area contributed by atoms with Gasteiger partial charge in [-0.1, -0.05) is 18.2 Å². The third kappa shape index (κ3) is 3.32. The Morgan fingerprint density at radius 1 is 1.20 bits per heavy atom. The fraction of sp³-hybridized carbons (Fsp3) is 0.611. The number of benzene rings is 1. The zero-order chi connectivity index (χ0) is 18.1. The molecule has 7 heteroatoms. The van der Waals surface area contributed by atoms with E-state index in [-0.39, 0.29) is 18.9 Å². The number of aryl methyl sites for hydroxylation is 1. The van der Waals surface area contributed by atoms with Crippen molar-refractivity contribution in [1.29, 1.82) is 0 Å². The lowest BCUT2D eigenvalue weighted by atomic mass is 9.88. The number of likely N-dealkylation sites (N-methyl/N-ethyl adjacent to an activating group) is 1. The summed E-state index contributed by atoms with van der Waals surface area (Å²) in [6.45, 7) is 6.04. The molecule has 2 saturated heterocycles. The highest BCUT2D eigenvalue weighted by atomic mass is 32.2. The van der Waals surface area contributed by atoms with Crippen LogP contribution in [-0.4, -0.2) is 61.9 Å². The number of sulfonamides is 1. The molecular formula is C18H26N2O4S. The van der Waals surface area contributed by atoms with Crippen molar-refractivity contribution >= 4 is 15.9 Å². The van der Waals surface area contributed by atoms with Gasteiger partial charge in [-0.3, -0.25) is 4.79 Å². The monoisotopic (exact) mass is 366 g/mol. The Hall–Kier alpha value is -1.44. The lowest BCUT2D eigenvalue weighted by molar-refractivity contribution is -0.139. The first-order valence-electron chi connectivity index (χ1n) is 8.85. The quantitative estimate of drug-likeness (QED) is 0.818. The smallest absolute Gasteiger partial charge is 0.243 e. The number of rotatable bonds is 3. The molecule has 1 spiro atoms. The topological polar surface area (TPSA) is 66.9 Å². The number of carbonyl (C=O) groups is 1. The van der Waals surface area contributed by atoms with E-state index in [1.54, 1.807) is 25.1 Å². The normalized spacial score (nSPS) is 22.2. The van der Waals surface area contributed by atoms with Crippen LogP contribution in [0.5, 0.6) is 0 Å². The molecule has 0 aliphatic carbocycles. The van der Waals surface area contributed by atoms with Crippen LogP contribution in [0, 0.1) is 6.92 Å². The molecule has 0 N–H and O–H groups in total. The van der Waals surface area contributed by atoms with E-state index in [2.05, 4.69) is 0 Å². The molecule has 1 aromatic rings. The molecule has 2 aliphatic rings. The maximum atomic E-state index is 13.3. The standard InChI is InChI=1S/C18H26N2O4S/c1-3-20-17(21)8-11-19(14-18(20)9-12-24-13-10-18)25(22,23)16-7-5-4-6-15(16)2/h4-7H,3,8-14H2,1-2H3. The third-order valence-electron chi connectivity index (χ3n) is 5.37. The average Bonchev–Trinajstić information content (AvgIpc) is 2.73. The van der Waals surface area contributed by atoms with Gasteiger partial charge in [-0.05, 0) is 38.3 Å². The van der Waals surface area contributed by atoms with Crippen LogP contribution in [0.2, 0.25) is 0 Å². The Balaban J connectivity index is 2.00. The summed E-state index contributed by atoms with van der Waals surface area (Å²) in [5.74, 6) is 0.0342. The summed E-state index contributed by atoms with van der Waals surface area (Å²) < 4.78 is 33.5. The Kier molecular flexibility index (Phi) is 5.18. The molecule has 0 atom stereocenters. The number of ether oxygens (including phenoxy) is 1. The molecule has 0 radical (unpaired) electrons. The van der Waals surface area contributed by atoms with Crippen LogP contribution < -0.4 is 0 Å². The molecule has 138 valence electrons. The van der Waals surface area contributed by atoms with Gasteiger partial charge in [0.15, 0.2) is 0 Å². The summed E-state index contributed by atoms with van der Waals surface area (Å²) in [4.78, 5) is 14.9. The van der Waals surface area contributed by atoms with Gasteiger partial charge in [0.05, 0.1) is 10.4 Å². The maximum Gasteiger partial charge on any atom is 0.243 e. The molecule has 0 aromatic heterocycles. The third-order valence-corrected chi connectivity index (χ3v) is 7.38.